The first-order chi connectivity index (χ1) is 17.8. The molecular formula is C25H23ClN4O6S. The fraction of sp³-hybridized carbons (Fsp3) is 0.320. The molecule has 37 heavy (non-hydrogen) atoms. The lowest BCUT2D eigenvalue weighted by Gasteiger charge is -2.23. The molecule has 0 aliphatic heterocycles. The molecule has 10 nitrogen and oxygen atoms in total. The van der Waals surface area contributed by atoms with E-state index in [1.807, 2.05) is 0 Å². The first-order valence-corrected chi connectivity index (χ1v) is 13.7. The predicted molar refractivity (Wildman–Crippen MR) is 136 cm³/mol. The van der Waals surface area contributed by atoms with Gasteiger partial charge >= 0.3 is 0 Å². The van der Waals surface area contributed by atoms with E-state index in [0.29, 0.717) is 28.4 Å². The van der Waals surface area contributed by atoms with E-state index in [9.17, 15) is 13.2 Å². The molecule has 0 saturated heterocycles. The van der Waals surface area contributed by atoms with Gasteiger partial charge in [-0.3, -0.25) is 14.1 Å². The number of hydrogen-bond acceptors (Lipinski definition) is 8. The van der Waals surface area contributed by atoms with Crippen molar-refractivity contribution in [2.45, 2.75) is 36.7 Å². The number of aromatic nitrogens is 3. The molecule has 1 N–H and O–H groups in total. The molecule has 0 unspecified atom stereocenters. The van der Waals surface area contributed by atoms with E-state index in [4.69, 9.17) is 21.1 Å². The van der Waals surface area contributed by atoms with Crippen LogP contribution in [0.5, 0.6) is 11.8 Å². The Morgan fingerprint density at radius 2 is 1.97 bits per heavy atom. The van der Waals surface area contributed by atoms with E-state index < -0.39 is 10.0 Å². The molecule has 6 rings (SSSR count). The number of rotatable bonds is 7. The number of halogens is 1. The van der Waals surface area contributed by atoms with Gasteiger partial charge in [-0.05, 0) is 67.9 Å². The summed E-state index contributed by atoms with van der Waals surface area (Å²) in [5.74, 6) is 1.72. The van der Waals surface area contributed by atoms with Crippen LogP contribution >= 0.6 is 11.6 Å². The van der Waals surface area contributed by atoms with Gasteiger partial charge < -0.3 is 14.0 Å². The average Bonchev–Trinajstić information content (AvgIpc) is 3.64. The summed E-state index contributed by atoms with van der Waals surface area (Å²) < 4.78 is 45.8. The van der Waals surface area contributed by atoms with E-state index in [0.717, 1.165) is 12.8 Å². The third kappa shape index (κ3) is 4.31. The lowest BCUT2D eigenvalue weighted by Crippen LogP contribution is -2.24. The fourth-order valence-electron chi connectivity index (χ4n) is 5.42. The summed E-state index contributed by atoms with van der Waals surface area (Å²) in [6, 6.07) is 10.3. The molecular weight excluding hydrogens is 520 g/mol. The Bertz CT molecular complexity index is 1650. The summed E-state index contributed by atoms with van der Waals surface area (Å²) >= 11 is 6.59. The summed E-state index contributed by atoms with van der Waals surface area (Å²) in [5.41, 5.74) is 0.410. The number of nitrogens with zero attached hydrogens (tertiary/aromatic N) is 3. The number of nitrogens with one attached hydrogen (secondary N) is 1. The van der Waals surface area contributed by atoms with Gasteiger partial charge in [0.05, 0.1) is 17.5 Å². The average molecular weight is 543 g/mol. The summed E-state index contributed by atoms with van der Waals surface area (Å²) in [6.45, 7) is 0. The normalized spacial score (nSPS) is 20.9. The molecule has 3 heterocycles. The van der Waals surface area contributed by atoms with Crippen LogP contribution < -0.4 is 19.8 Å². The molecule has 1 aromatic carbocycles. The number of anilines is 1. The Morgan fingerprint density at radius 1 is 1.11 bits per heavy atom. The Labute approximate surface area is 217 Å². The minimum absolute atomic E-state index is 0.00840. The van der Waals surface area contributed by atoms with Gasteiger partial charge in [0, 0.05) is 17.5 Å². The predicted octanol–water partition coefficient (Wildman–Crippen LogP) is 4.40. The lowest BCUT2D eigenvalue weighted by atomic mass is 9.98. The highest BCUT2D eigenvalue weighted by Crippen LogP contribution is 2.46. The largest absolute Gasteiger partial charge is 0.479 e. The highest BCUT2D eigenvalue weighted by molar-refractivity contribution is 7.92. The van der Waals surface area contributed by atoms with Crippen molar-refractivity contribution in [3.05, 3.63) is 64.1 Å². The molecule has 2 aliphatic carbocycles. The highest BCUT2D eigenvalue weighted by Gasteiger charge is 2.41. The van der Waals surface area contributed by atoms with Gasteiger partial charge in [0.2, 0.25) is 11.8 Å². The van der Waals surface area contributed by atoms with Crippen molar-refractivity contribution in [3.8, 4) is 17.4 Å². The summed E-state index contributed by atoms with van der Waals surface area (Å²) in [4.78, 5) is 17.5. The van der Waals surface area contributed by atoms with Crippen LogP contribution in [-0.4, -0.2) is 36.3 Å². The topological polar surface area (TPSA) is 126 Å². The van der Waals surface area contributed by atoms with Crippen molar-refractivity contribution < 1.29 is 22.4 Å². The van der Waals surface area contributed by atoms with E-state index in [-0.39, 0.29) is 39.2 Å². The van der Waals surface area contributed by atoms with Crippen LogP contribution in [0.15, 0.2) is 62.9 Å². The van der Waals surface area contributed by atoms with Gasteiger partial charge in [0.15, 0.2) is 5.82 Å². The van der Waals surface area contributed by atoms with Gasteiger partial charge in [-0.2, -0.15) is 4.98 Å². The van der Waals surface area contributed by atoms with E-state index in [1.165, 1.54) is 55.0 Å². The Morgan fingerprint density at radius 3 is 2.68 bits per heavy atom. The monoisotopic (exact) mass is 542 g/mol. The molecule has 192 valence electrons. The second-order valence-corrected chi connectivity index (χ2v) is 11.4. The van der Waals surface area contributed by atoms with Crippen molar-refractivity contribution in [1.82, 2.24) is 14.7 Å². The van der Waals surface area contributed by atoms with Gasteiger partial charge in [-0.15, -0.1) is 0 Å². The van der Waals surface area contributed by atoms with Crippen LogP contribution in [0.4, 0.5) is 5.82 Å². The number of methoxy groups -OCH3 is 1. The summed E-state index contributed by atoms with van der Waals surface area (Å²) in [6.07, 6.45) is 5.90. The van der Waals surface area contributed by atoms with Crippen molar-refractivity contribution in [2.75, 3.05) is 11.8 Å². The number of benzene rings is 1. The number of ether oxygens (including phenoxy) is 2. The van der Waals surface area contributed by atoms with Gasteiger partial charge in [-0.1, -0.05) is 16.8 Å². The second kappa shape index (κ2) is 9.07. The van der Waals surface area contributed by atoms with E-state index in [1.54, 1.807) is 18.2 Å². The molecule has 2 saturated carbocycles. The Hall–Kier alpha value is -3.57. The zero-order valence-electron chi connectivity index (χ0n) is 19.8. The van der Waals surface area contributed by atoms with Crippen molar-refractivity contribution in [1.29, 1.82) is 0 Å². The Kier molecular flexibility index (Phi) is 5.84. The molecule has 3 aromatic heterocycles. The fourth-order valence-corrected chi connectivity index (χ4v) is 6.63. The zero-order chi connectivity index (χ0) is 25.7. The van der Waals surface area contributed by atoms with Crippen LogP contribution in [0.2, 0.25) is 5.02 Å². The smallest absolute Gasteiger partial charge is 0.263 e. The quantitative estimate of drug-likeness (QED) is 0.364. The number of sulfonamides is 1. The first kappa shape index (κ1) is 23.8. The Balaban J connectivity index is 1.39. The molecule has 2 aliphatic rings. The first-order valence-electron chi connectivity index (χ1n) is 11.8. The molecule has 0 amide bonds. The van der Waals surface area contributed by atoms with Crippen molar-refractivity contribution in [2.24, 2.45) is 11.8 Å². The minimum atomic E-state index is -3.94. The van der Waals surface area contributed by atoms with Crippen molar-refractivity contribution in [3.63, 3.8) is 0 Å². The molecule has 4 aromatic rings. The summed E-state index contributed by atoms with van der Waals surface area (Å²) in [7, 11) is -2.48. The van der Waals surface area contributed by atoms with Crippen LogP contribution in [0.3, 0.4) is 0 Å². The zero-order valence-corrected chi connectivity index (χ0v) is 21.3. The summed E-state index contributed by atoms with van der Waals surface area (Å²) in [5, 5.41) is 4.34. The van der Waals surface area contributed by atoms with Crippen LogP contribution in [0, 0.1) is 11.8 Å². The third-order valence-electron chi connectivity index (χ3n) is 7.11. The molecule has 2 fully saturated rings. The molecule has 0 radical (unpaired) electrons. The van der Waals surface area contributed by atoms with Crippen LogP contribution in [-0.2, 0) is 10.0 Å². The van der Waals surface area contributed by atoms with Crippen LogP contribution in [0.25, 0.3) is 16.6 Å². The second-order valence-electron chi connectivity index (χ2n) is 9.35. The minimum Gasteiger partial charge on any atom is -0.479 e. The number of hydrogen-bond donors (Lipinski definition) is 1. The van der Waals surface area contributed by atoms with Gasteiger partial charge in [0.1, 0.15) is 23.1 Å². The molecule has 3 atom stereocenters. The molecule has 12 heteroatoms. The maximum absolute atomic E-state index is 13.0. The maximum atomic E-state index is 13.0. The van der Waals surface area contributed by atoms with E-state index >= 15 is 0 Å². The van der Waals surface area contributed by atoms with Gasteiger partial charge in [0.25, 0.3) is 15.6 Å². The van der Waals surface area contributed by atoms with Crippen LogP contribution in [0.1, 0.15) is 25.7 Å². The lowest BCUT2D eigenvalue weighted by molar-refractivity contribution is 0.131. The number of pyridine rings is 2. The third-order valence-corrected chi connectivity index (χ3v) is 8.74. The van der Waals surface area contributed by atoms with Crippen molar-refractivity contribution >= 4 is 38.3 Å². The maximum Gasteiger partial charge on any atom is 0.263 e. The molecule has 2 bridgehead atoms. The highest BCUT2D eigenvalue weighted by atomic mass is 35.5. The van der Waals surface area contributed by atoms with Gasteiger partial charge in [-0.25, -0.2) is 8.42 Å². The molecule has 0 spiro atoms. The van der Waals surface area contributed by atoms with E-state index in [2.05, 4.69) is 19.4 Å². The SMILES string of the molecule is COc1nc(O[C@H]2C[C@H]3CC[C@@H]2C3)c(Cl)cc1-n1c(=O)ccc2cc(S(=O)(=O)Nc3ccon3)ccc21. The number of fused-ring (bicyclic) bond motifs is 3. The standard InChI is InChI=1S/C25H23ClN4O6S/c1-34-25-20(13-18(26)24(27-25)36-21-11-14-2-3-16(21)10-14)30-19-6-5-17(12-15(19)4-7-23(30)31)37(32,33)29-22-8-9-35-28-22/h4-9,12-14,16,21H,2-3,10-11H2,1H3,(H,28,29)/t14-,16+,21-/m0/s1.